The van der Waals surface area contributed by atoms with Gasteiger partial charge < -0.3 is 9.47 Å². The number of rotatable bonds is 6. The van der Waals surface area contributed by atoms with Crippen molar-refractivity contribution in [1.29, 1.82) is 0 Å². The number of hydrogen-bond acceptors (Lipinski definition) is 6. The molecule has 0 radical (unpaired) electrons. The van der Waals surface area contributed by atoms with E-state index in [0.717, 1.165) is 0 Å². The van der Waals surface area contributed by atoms with Crippen LogP contribution in [0.5, 0.6) is 11.5 Å². The molecule has 0 aromatic heterocycles. The monoisotopic (exact) mass is 359 g/mol. The molecule has 0 bridgehead atoms. The van der Waals surface area contributed by atoms with Crippen LogP contribution in [0.1, 0.15) is 17.3 Å². The fourth-order valence-electron chi connectivity index (χ4n) is 2.07. The molecule has 2 amide bonds. The molecule has 0 aliphatic carbocycles. The number of nitrogens with one attached hydrogen (secondary N) is 2. The van der Waals surface area contributed by atoms with E-state index in [2.05, 4.69) is 10.9 Å². The molecule has 2 N–H and O–H groups in total. The van der Waals surface area contributed by atoms with Crippen LogP contribution >= 0.6 is 0 Å². The molecule has 136 valence electrons. The molecular formula is C17H17N3O6. The van der Waals surface area contributed by atoms with Crippen molar-refractivity contribution in [2.24, 2.45) is 0 Å². The van der Waals surface area contributed by atoms with E-state index in [1.54, 1.807) is 24.3 Å². The third kappa shape index (κ3) is 4.47. The highest BCUT2D eigenvalue weighted by molar-refractivity contribution is 5.99. The predicted molar refractivity (Wildman–Crippen MR) is 91.8 cm³/mol. The molecule has 9 nitrogen and oxygen atoms in total. The van der Waals surface area contributed by atoms with Crippen molar-refractivity contribution in [2.75, 3.05) is 7.11 Å². The van der Waals surface area contributed by atoms with Crippen molar-refractivity contribution >= 4 is 17.5 Å². The zero-order chi connectivity index (χ0) is 19.1. The fraction of sp³-hybridized carbons (Fsp3) is 0.176. The van der Waals surface area contributed by atoms with E-state index in [-0.39, 0.29) is 11.3 Å². The van der Waals surface area contributed by atoms with Gasteiger partial charge in [0, 0.05) is 6.07 Å². The Hall–Kier alpha value is -3.62. The molecule has 0 spiro atoms. The summed E-state index contributed by atoms with van der Waals surface area (Å²) < 4.78 is 10.6. The van der Waals surface area contributed by atoms with Crippen LogP contribution in [0.2, 0.25) is 0 Å². The molecule has 1 atom stereocenters. The van der Waals surface area contributed by atoms with Crippen molar-refractivity contribution in [1.82, 2.24) is 10.9 Å². The number of para-hydroxylation sites is 3. The molecule has 9 heteroatoms. The van der Waals surface area contributed by atoms with Gasteiger partial charge >= 0.3 is 0 Å². The van der Waals surface area contributed by atoms with Gasteiger partial charge in [-0.3, -0.25) is 30.6 Å². The average molecular weight is 359 g/mol. The minimum atomic E-state index is -0.947. The van der Waals surface area contributed by atoms with Crippen molar-refractivity contribution in [3.8, 4) is 11.5 Å². The predicted octanol–water partition coefficient (Wildman–Crippen LogP) is 1.83. The quantitative estimate of drug-likeness (QED) is 0.600. The number of carbonyl (C=O) groups is 2. The Morgan fingerprint density at radius 1 is 1.04 bits per heavy atom. The summed E-state index contributed by atoms with van der Waals surface area (Å²) in [6.45, 7) is 1.49. The Labute approximate surface area is 149 Å². The van der Waals surface area contributed by atoms with E-state index in [9.17, 15) is 19.7 Å². The number of hydrogen-bond donors (Lipinski definition) is 2. The first-order valence-corrected chi connectivity index (χ1v) is 7.57. The lowest BCUT2D eigenvalue weighted by atomic mass is 10.2. The van der Waals surface area contributed by atoms with E-state index >= 15 is 0 Å². The number of methoxy groups -OCH3 is 1. The first kappa shape index (κ1) is 18.7. The molecule has 0 saturated heterocycles. The highest BCUT2D eigenvalue weighted by Crippen LogP contribution is 2.26. The Morgan fingerprint density at radius 3 is 2.31 bits per heavy atom. The molecule has 0 aliphatic heterocycles. The highest BCUT2D eigenvalue weighted by atomic mass is 16.6. The van der Waals surface area contributed by atoms with Gasteiger partial charge in [-0.15, -0.1) is 0 Å². The number of nitro groups is 1. The average Bonchev–Trinajstić information content (AvgIpc) is 2.66. The maximum absolute atomic E-state index is 12.1. The molecular weight excluding hydrogens is 342 g/mol. The van der Waals surface area contributed by atoms with Crippen LogP contribution in [0.25, 0.3) is 0 Å². The van der Waals surface area contributed by atoms with Crippen molar-refractivity contribution < 1.29 is 24.0 Å². The van der Waals surface area contributed by atoms with Crippen LogP contribution in [-0.2, 0) is 4.79 Å². The number of ether oxygens (including phenoxy) is 2. The molecule has 26 heavy (non-hydrogen) atoms. The Kier molecular flexibility index (Phi) is 6.10. The SMILES string of the molecule is COc1ccccc1OC(C)C(=O)NNC(=O)c1ccccc1[N+](=O)[O-]. The molecule has 0 fully saturated rings. The standard InChI is InChI=1S/C17H17N3O6/c1-11(26-15-10-6-5-9-14(15)25-2)16(21)18-19-17(22)12-7-3-4-8-13(12)20(23)24/h3-11H,1-2H3,(H,18,21)(H,19,22). The lowest BCUT2D eigenvalue weighted by Gasteiger charge is -2.16. The zero-order valence-electron chi connectivity index (χ0n) is 14.1. The number of hydrazine groups is 1. The molecule has 2 aromatic carbocycles. The lowest BCUT2D eigenvalue weighted by molar-refractivity contribution is -0.385. The van der Waals surface area contributed by atoms with Crippen molar-refractivity contribution in [3.05, 3.63) is 64.2 Å². The van der Waals surface area contributed by atoms with Gasteiger partial charge in [0.25, 0.3) is 17.5 Å². The van der Waals surface area contributed by atoms with Gasteiger partial charge in [0.05, 0.1) is 12.0 Å². The second-order valence-corrected chi connectivity index (χ2v) is 5.13. The summed E-state index contributed by atoms with van der Waals surface area (Å²) in [4.78, 5) is 34.4. The Bertz CT molecular complexity index is 824. The topological polar surface area (TPSA) is 120 Å². The summed E-state index contributed by atoms with van der Waals surface area (Å²) >= 11 is 0. The molecule has 1 unspecified atom stereocenters. The van der Waals surface area contributed by atoms with Gasteiger partial charge in [0.1, 0.15) is 5.56 Å². The zero-order valence-corrected chi connectivity index (χ0v) is 14.1. The first-order valence-electron chi connectivity index (χ1n) is 7.57. The summed E-state index contributed by atoms with van der Waals surface area (Å²) in [7, 11) is 1.47. The summed E-state index contributed by atoms with van der Waals surface area (Å²) in [5.74, 6) is -0.628. The number of amides is 2. The summed E-state index contributed by atoms with van der Waals surface area (Å²) in [6, 6.07) is 12.2. The van der Waals surface area contributed by atoms with Gasteiger partial charge in [0.15, 0.2) is 17.6 Å². The van der Waals surface area contributed by atoms with E-state index < -0.39 is 22.8 Å². The number of nitro benzene ring substituents is 1. The molecule has 0 saturated carbocycles. The largest absolute Gasteiger partial charge is 0.493 e. The maximum Gasteiger partial charge on any atom is 0.282 e. The Balaban J connectivity index is 1.98. The van der Waals surface area contributed by atoms with Crippen LogP contribution in [-0.4, -0.2) is 30.0 Å². The Morgan fingerprint density at radius 2 is 1.65 bits per heavy atom. The van der Waals surface area contributed by atoms with Crippen LogP contribution in [0.15, 0.2) is 48.5 Å². The second kappa shape index (κ2) is 8.47. The van der Waals surface area contributed by atoms with Crippen LogP contribution in [0.4, 0.5) is 5.69 Å². The molecule has 2 rings (SSSR count). The highest BCUT2D eigenvalue weighted by Gasteiger charge is 2.21. The molecule has 0 aliphatic rings. The van der Waals surface area contributed by atoms with Gasteiger partial charge in [-0.1, -0.05) is 24.3 Å². The van der Waals surface area contributed by atoms with E-state index in [0.29, 0.717) is 11.5 Å². The van der Waals surface area contributed by atoms with E-state index in [1.165, 1.54) is 38.3 Å². The van der Waals surface area contributed by atoms with E-state index in [4.69, 9.17) is 9.47 Å². The molecule has 2 aromatic rings. The van der Waals surface area contributed by atoms with Crippen LogP contribution in [0, 0.1) is 10.1 Å². The lowest BCUT2D eigenvalue weighted by Crippen LogP contribution is -2.47. The third-order valence-corrected chi connectivity index (χ3v) is 3.39. The van der Waals surface area contributed by atoms with Crippen molar-refractivity contribution in [2.45, 2.75) is 13.0 Å². The first-order chi connectivity index (χ1) is 12.4. The summed E-state index contributed by atoms with van der Waals surface area (Å²) in [5, 5.41) is 10.9. The fourth-order valence-corrected chi connectivity index (χ4v) is 2.07. The van der Waals surface area contributed by atoms with Gasteiger partial charge in [-0.2, -0.15) is 0 Å². The van der Waals surface area contributed by atoms with E-state index in [1.807, 2.05) is 0 Å². The summed E-state index contributed by atoms with van der Waals surface area (Å²) in [6.07, 6.45) is -0.947. The maximum atomic E-state index is 12.1. The summed E-state index contributed by atoms with van der Waals surface area (Å²) in [5.41, 5.74) is 3.78. The number of nitrogens with zero attached hydrogens (tertiary/aromatic N) is 1. The number of carbonyl (C=O) groups excluding carboxylic acids is 2. The third-order valence-electron chi connectivity index (χ3n) is 3.39. The molecule has 0 heterocycles. The van der Waals surface area contributed by atoms with Gasteiger partial charge in [-0.05, 0) is 25.1 Å². The minimum absolute atomic E-state index is 0.170. The van der Waals surface area contributed by atoms with Crippen molar-refractivity contribution in [3.63, 3.8) is 0 Å². The van der Waals surface area contributed by atoms with Crippen LogP contribution in [0.3, 0.4) is 0 Å². The minimum Gasteiger partial charge on any atom is -0.493 e. The van der Waals surface area contributed by atoms with Gasteiger partial charge in [-0.25, -0.2) is 0 Å². The smallest absolute Gasteiger partial charge is 0.282 e. The number of benzene rings is 2. The second-order valence-electron chi connectivity index (χ2n) is 5.13. The van der Waals surface area contributed by atoms with Crippen LogP contribution < -0.4 is 20.3 Å². The normalized spacial score (nSPS) is 11.2. The van der Waals surface area contributed by atoms with Gasteiger partial charge in [0.2, 0.25) is 0 Å².